The molecule has 0 atom stereocenters. The SMILES string of the molecule is CCc1c(C(=O)N(C)Cc2ccccc2N2CCCC2)cnn1Cc1ccccc1. The minimum atomic E-state index is 0.0300. The van der Waals surface area contributed by atoms with Gasteiger partial charge in [0.25, 0.3) is 5.91 Å². The number of para-hydroxylation sites is 1. The van der Waals surface area contributed by atoms with E-state index in [1.807, 2.05) is 34.8 Å². The first kappa shape index (κ1) is 20.2. The summed E-state index contributed by atoms with van der Waals surface area (Å²) in [5, 5.41) is 4.53. The second-order valence-corrected chi connectivity index (χ2v) is 7.99. The zero-order valence-corrected chi connectivity index (χ0v) is 17.9. The Labute approximate surface area is 178 Å². The molecule has 0 unspecified atom stereocenters. The maximum absolute atomic E-state index is 13.3. The number of anilines is 1. The fraction of sp³-hybridized carbons (Fsp3) is 0.360. The minimum absolute atomic E-state index is 0.0300. The minimum Gasteiger partial charge on any atom is -0.371 e. The average Bonchev–Trinajstić information content (AvgIpc) is 3.44. The maximum atomic E-state index is 13.3. The highest BCUT2D eigenvalue weighted by Crippen LogP contribution is 2.26. The molecular weight excluding hydrogens is 372 g/mol. The van der Waals surface area contributed by atoms with Crippen LogP contribution in [-0.4, -0.2) is 40.7 Å². The van der Waals surface area contributed by atoms with E-state index in [0.29, 0.717) is 18.7 Å². The zero-order chi connectivity index (χ0) is 20.9. The predicted molar refractivity (Wildman–Crippen MR) is 121 cm³/mol. The highest BCUT2D eigenvalue weighted by atomic mass is 16.2. The molecule has 30 heavy (non-hydrogen) atoms. The van der Waals surface area contributed by atoms with Gasteiger partial charge < -0.3 is 9.80 Å². The van der Waals surface area contributed by atoms with Gasteiger partial charge in [-0.25, -0.2) is 0 Å². The van der Waals surface area contributed by atoms with Gasteiger partial charge in [-0.1, -0.05) is 55.5 Å². The number of nitrogens with zero attached hydrogens (tertiary/aromatic N) is 4. The van der Waals surface area contributed by atoms with Gasteiger partial charge in [0.15, 0.2) is 0 Å². The van der Waals surface area contributed by atoms with Crippen molar-refractivity contribution in [2.75, 3.05) is 25.0 Å². The number of amides is 1. The smallest absolute Gasteiger partial charge is 0.257 e. The van der Waals surface area contributed by atoms with Crippen LogP contribution in [0.4, 0.5) is 5.69 Å². The van der Waals surface area contributed by atoms with Gasteiger partial charge in [-0.05, 0) is 36.5 Å². The first-order valence-electron chi connectivity index (χ1n) is 10.8. The molecule has 156 valence electrons. The number of rotatable bonds is 7. The first-order chi connectivity index (χ1) is 14.7. The van der Waals surface area contributed by atoms with Gasteiger partial charge >= 0.3 is 0 Å². The van der Waals surface area contributed by atoms with Crippen LogP contribution in [0.25, 0.3) is 0 Å². The third kappa shape index (κ3) is 4.25. The van der Waals surface area contributed by atoms with Gasteiger partial charge in [-0.15, -0.1) is 0 Å². The van der Waals surface area contributed by atoms with Crippen LogP contribution in [0.5, 0.6) is 0 Å². The third-order valence-corrected chi connectivity index (χ3v) is 5.88. The second-order valence-electron chi connectivity index (χ2n) is 7.99. The Morgan fingerprint density at radius 1 is 1.03 bits per heavy atom. The molecule has 1 aliphatic heterocycles. The fourth-order valence-electron chi connectivity index (χ4n) is 4.30. The van der Waals surface area contributed by atoms with Gasteiger partial charge in [0.1, 0.15) is 0 Å². The summed E-state index contributed by atoms with van der Waals surface area (Å²) in [6, 6.07) is 18.7. The lowest BCUT2D eigenvalue weighted by Gasteiger charge is -2.24. The molecule has 0 saturated carbocycles. The molecule has 0 N–H and O–H groups in total. The van der Waals surface area contributed by atoms with E-state index >= 15 is 0 Å². The van der Waals surface area contributed by atoms with Crippen molar-refractivity contribution in [1.82, 2.24) is 14.7 Å². The van der Waals surface area contributed by atoms with Crippen molar-refractivity contribution in [3.63, 3.8) is 0 Å². The van der Waals surface area contributed by atoms with Gasteiger partial charge in [-0.2, -0.15) is 5.10 Å². The van der Waals surface area contributed by atoms with Crippen molar-refractivity contribution in [1.29, 1.82) is 0 Å². The Morgan fingerprint density at radius 2 is 1.73 bits per heavy atom. The largest absolute Gasteiger partial charge is 0.371 e. The van der Waals surface area contributed by atoms with Crippen molar-refractivity contribution in [2.45, 2.75) is 39.3 Å². The Balaban J connectivity index is 1.52. The molecule has 3 aromatic rings. The number of carbonyl (C=O) groups is 1. The molecule has 4 rings (SSSR count). The highest BCUT2D eigenvalue weighted by Gasteiger charge is 2.22. The first-order valence-corrected chi connectivity index (χ1v) is 10.8. The molecule has 5 nitrogen and oxygen atoms in total. The number of aromatic nitrogens is 2. The van der Waals surface area contributed by atoms with Crippen molar-refractivity contribution in [3.05, 3.63) is 83.2 Å². The van der Waals surface area contributed by atoms with Crippen molar-refractivity contribution >= 4 is 11.6 Å². The molecule has 0 aliphatic carbocycles. The highest BCUT2D eigenvalue weighted by molar-refractivity contribution is 5.95. The van der Waals surface area contributed by atoms with Crippen LogP contribution in [0.1, 0.15) is 46.9 Å². The Bertz CT molecular complexity index is 989. The summed E-state index contributed by atoms with van der Waals surface area (Å²) >= 11 is 0. The molecule has 5 heteroatoms. The van der Waals surface area contributed by atoms with Gasteiger partial charge in [0.2, 0.25) is 0 Å². The van der Waals surface area contributed by atoms with Crippen LogP contribution in [0.2, 0.25) is 0 Å². The molecule has 0 bridgehead atoms. The standard InChI is InChI=1S/C25H30N4O/c1-3-23-22(17-26-29(23)18-20-11-5-4-6-12-20)25(30)27(2)19-21-13-7-8-14-24(21)28-15-9-10-16-28/h4-8,11-14,17H,3,9-10,15-16,18-19H2,1-2H3. The Kier molecular flexibility index (Phi) is 6.17. The van der Waals surface area contributed by atoms with Gasteiger partial charge in [0.05, 0.1) is 24.0 Å². The van der Waals surface area contributed by atoms with Crippen LogP contribution < -0.4 is 4.90 Å². The second kappa shape index (κ2) is 9.16. The van der Waals surface area contributed by atoms with E-state index in [4.69, 9.17) is 0 Å². The quantitative estimate of drug-likeness (QED) is 0.589. The molecular formula is C25H30N4O. The van der Waals surface area contributed by atoms with E-state index in [2.05, 4.69) is 53.3 Å². The zero-order valence-electron chi connectivity index (χ0n) is 17.9. The molecule has 2 heterocycles. The fourth-order valence-corrected chi connectivity index (χ4v) is 4.30. The summed E-state index contributed by atoms with van der Waals surface area (Å²) in [6.07, 6.45) is 4.98. The van der Waals surface area contributed by atoms with E-state index in [0.717, 1.165) is 25.2 Å². The maximum Gasteiger partial charge on any atom is 0.257 e. The average molecular weight is 403 g/mol. The Hall–Kier alpha value is -3.08. The van der Waals surface area contributed by atoms with Gasteiger partial charge in [-0.3, -0.25) is 9.48 Å². The summed E-state index contributed by atoms with van der Waals surface area (Å²) in [5.41, 5.74) is 5.33. The topological polar surface area (TPSA) is 41.4 Å². The number of carbonyl (C=O) groups excluding carboxylic acids is 1. The molecule has 1 aliphatic rings. The van der Waals surface area contributed by atoms with Gasteiger partial charge in [0, 0.05) is 32.4 Å². The molecule has 0 spiro atoms. The molecule has 1 saturated heterocycles. The summed E-state index contributed by atoms with van der Waals surface area (Å²) in [5.74, 6) is 0.0300. The summed E-state index contributed by atoms with van der Waals surface area (Å²) in [4.78, 5) is 17.5. The van der Waals surface area contributed by atoms with Crippen LogP contribution in [0.3, 0.4) is 0 Å². The van der Waals surface area contributed by atoms with Crippen molar-refractivity contribution in [3.8, 4) is 0 Å². The van der Waals surface area contributed by atoms with E-state index < -0.39 is 0 Å². The third-order valence-electron chi connectivity index (χ3n) is 5.88. The lowest BCUT2D eigenvalue weighted by Crippen LogP contribution is -2.28. The number of hydrogen-bond donors (Lipinski definition) is 0. The van der Waals surface area contributed by atoms with E-state index in [-0.39, 0.29) is 5.91 Å². The lowest BCUT2D eigenvalue weighted by molar-refractivity contribution is 0.0784. The van der Waals surface area contributed by atoms with Crippen LogP contribution in [0.15, 0.2) is 60.8 Å². The molecule has 1 aromatic heterocycles. The summed E-state index contributed by atoms with van der Waals surface area (Å²) in [7, 11) is 1.89. The van der Waals surface area contributed by atoms with Crippen molar-refractivity contribution < 1.29 is 4.79 Å². The lowest BCUT2D eigenvalue weighted by atomic mass is 10.1. The molecule has 2 aromatic carbocycles. The number of benzene rings is 2. The molecule has 0 radical (unpaired) electrons. The van der Waals surface area contributed by atoms with E-state index in [9.17, 15) is 4.79 Å². The van der Waals surface area contributed by atoms with Crippen molar-refractivity contribution in [2.24, 2.45) is 0 Å². The number of hydrogen-bond acceptors (Lipinski definition) is 3. The van der Waals surface area contributed by atoms with E-state index in [1.165, 1.54) is 29.7 Å². The summed E-state index contributed by atoms with van der Waals surface area (Å²) in [6.45, 7) is 5.55. The van der Waals surface area contributed by atoms with E-state index in [1.54, 1.807) is 6.20 Å². The van der Waals surface area contributed by atoms with Crippen LogP contribution in [0, 0.1) is 0 Å². The Morgan fingerprint density at radius 3 is 2.47 bits per heavy atom. The van der Waals surface area contributed by atoms with Crippen LogP contribution in [-0.2, 0) is 19.5 Å². The molecule has 1 fully saturated rings. The predicted octanol–water partition coefficient (Wildman–Crippen LogP) is 4.37. The monoisotopic (exact) mass is 402 g/mol. The normalized spacial score (nSPS) is 13.6. The summed E-state index contributed by atoms with van der Waals surface area (Å²) < 4.78 is 1.95. The van der Waals surface area contributed by atoms with Crippen LogP contribution >= 0.6 is 0 Å². The molecule has 1 amide bonds.